The molecule has 112 valence electrons. The summed E-state index contributed by atoms with van der Waals surface area (Å²) in [6.07, 6.45) is 1.65. The maximum absolute atomic E-state index is 11.0. The highest BCUT2D eigenvalue weighted by atomic mass is 35.5. The number of carbonyl (C=O) groups excluding carboxylic acids is 1. The van der Waals surface area contributed by atoms with Crippen molar-refractivity contribution >= 4 is 23.3 Å². The van der Waals surface area contributed by atoms with Gasteiger partial charge in [0.1, 0.15) is 0 Å². The molecule has 1 aromatic rings. The molecule has 6 heteroatoms. The zero-order valence-electron chi connectivity index (χ0n) is 11.6. The normalized spacial score (nSPS) is 10.1. The summed E-state index contributed by atoms with van der Waals surface area (Å²) < 4.78 is 15.7. The molecule has 0 amide bonds. The quantitative estimate of drug-likeness (QED) is 0.328. The molecule has 0 aliphatic rings. The first-order chi connectivity index (χ1) is 9.67. The van der Waals surface area contributed by atoms with Crippen molar-refractivity contribution in [2.45, 2.75) is 19.3 Å². The molecule has 5 nitrogen and oxygen atoms in total. The Kier molecular flexibility index (Phi) is 7.65. The fourth-order valence-electron chi connectivity index (χ4n) is 1.49. The summed E-state index contributed by atoms with van der Waals surface area (Å²) in [4.78, 5) is 11.0. The van der Waals surface area contributed by atoms with Gasteiger partial charge < -0.3 is 19.9 Å². The Morgan fingerprint density at radius 1 is 1.20 bits per heavy atom. The number of nitrogens with two attached hydrogens (primary N) is 1. The van der Waals surface area contributed by atoms with Crippen molar-refractivity contribution < 1.29 is 19.0 Å². The molecule has 0 unspecified atom stereocenters. The first-order valence-corrected chi connectivity index (χ1v) is 6.98. The van der Waals surface area contributed by atoms with Crippen LogP contribution in [0.1, 0.15) is 19.3 Å². The molecule has 0 saturated heterocycles. The monoisotopic (exact) mass is 301 g/mol. The average molecular weight is 302 g/mol. The summed E-state index contributed by atoms with van der Waals surface area (Å²) in [6, 6.07) is 5.21. The average Bonchev–Trinajstić information content (AvgIpc) is 2.45. The Balaban J connectivity index is 2.49. The standard InChI is InChI=1S/C14H20ClNO4/c1-18-14(17)4-2-8-20-13-10-11(16)5-6-12(13)19-9-3-7-15/h5-6,10H,2-4,7-9,16H2,1H3. The zero-order chi connectivity index (χ0) is 14.8. The van der Waals surface area contributed by atoms with Crippen molar-refractivity contribution in [2.24, 2.45) is 0 Å². The molecule has 0 spiro atoms. The summed E-state index contributed by atoms with van der Waals surface area (Å²) >= 11 is 5.60. The van der Waals surface area contributed by atoms with Crippen molar-refractivity contribution in [3.05, 3.63) is 18.2 Å². The van der Waals surface area contributed by atoms with E-state index in [4.69, 9.17) is 26.8 Å². The fraction of sp³-hybridized carbons (Fsp3) is 0.500. The van der Waals surface area contributed by atoms with Gasteiger partial charge in [0, 0.05) is 24.1 Å². The molecule has 0 bridgehead atoms. The number of nitrogen functional groups attached to an aromatic ring is 1. The van der Waals surface area contributed by atoms with Crippen LogP contribution in [-0.2, 0) is 9.53 Å². The van der Waals surface area contributed by atoms with Gasteiger partial charge in [-0.1, -0.05) is 0 Å². The van der Waals surface area contributed by atoms with Gasteiger partial charge >= 0.3 is 5.97 Å². The molecule has 20 heavy (non-hydrogen) atoms. The van der Waals surface area contributed by atoms with E-state index in [0.717, 1.165) is 6.42 Å². The van der Waals surface area contributed by atoms with Crippen molar-refractivity contribution in [2.75, 3.05) is 31.9 Å². The Bertz CT molecular complexity index is 426. The van der Waals surface area contributed by atoms with Crippen LogP contribution in [0.2, 0.25) is 0 Å². The third-order valence-electron chi connectivity index (χ3n) is 2.51. The number of rotatable bonds is 9. The lowest BCUT2D eigenvalue weighted by molar-refractivity contribution is -0.140. The summed E-state index contributed by atoms with van der Waals surface area (Å²) in [5.41, 5.74) is 6.32. The van der Waals surface area contributed by atoms with Crippen LogP contribution >= 0.6 is 11.6 Å². The number of halogens is 1. The van der Waals surface area contributed by atoms with E-state index in [9.17, 15) is 4.79 Å². The second kappa shape index (κ2) is 9.31. The molecule has 0 heterocycles. The minimum atomic E-state index is -0.250. The second-order valence-corrected chi connectivity index (χ2v) is 4.50. The molecule has 1 aromatic carbocycles. The summed E-state index contributed by atoms with van der Waals surface area (Å²) in [5, 5.41) is 0. The summed E-state index contributed by atoms with van der Waals surface area (Å²) in [6.45, 7) is 0.913. The Morgan fingerprint density at radius 2 is 1.90 bits per heavy atom. The van der Waals surface area contributed by atoms with E-state index < -0.39 is 0 Å². The number of ether oxygens (including phenoxy) is 3. The van der Waals surface area contributed by atoms with Crippen LogP contribution in [0.3, 0.4) is 0 Å². The largest absolute Gasteiger partial charge is 0.490 e. The van der Waals surface area contributed by atoms with Crippen LogP contribution in [0.4, 0.5) is 5.69 Å². The first kappa shape index (κ1) is 16.4. The zero-order valence-corrected chi connectivity index (χ0v) is 12.3. The van der Waals surface area contributed by atoms with Crippen LogP contribution in [0.25, 0.3) is 0 Å². The lowest BCUT2D eigenvalue weighted by Crippen LogP contribution is -2.06. The molecule has 0 aliphatic heterocycles. The highest BCUT2D eigenvalue weighted by molar-refractivity contribution is 6.17. The molecule has 0 atom stereocenters. The van der Waals surface area contributed by atoms with Crippen LogP contribution in [0.15, 0.2) is 18.2 Å². The summed E-state index contributed by atoms with van der Waals surface area (Å²) in [5.74, 6) is 1.50. The lowest BCUT2D eigenvalue weighted by atomic mass is 10.2. The molecular formula is C14H20ClNO4. The Hall–Kier alpha value is -1.62. The second-order valence-electron chi connectivity index (χ2n) is 4.13. The van der Waals surface area contributed by atoms with Crippen molar-refractivity contribution in [1.29, 1.82) is 0 Å². The minimum absolute atomic E-state index is 0.250. The van der Waals surface area contributed by atoms with E-state index in [1.54, 1.807) is 18.2 Å². The maximum atomic E-state index is 11.0. The highest BCUT2D eigenvalue weighted by Gasteiger charge is 2.07. The van der Waals surface area contributed by atoms with Gasteiger partial charge in [0.2, 0.25) is 0 Å². The molecule has 0 radical (unpaired) electrons. The lowest BCUT2D eigenvalue weighted by Gasteiger charge is -2.13. The number of hydrogen-bond acceptors (Lipinski definition) is 5. The first-order valence-electron chi connectivity index (χ1n) is 6.45. The molecule has 0 aliphatic carbocycles. The highest BCUT2D eigenvalue weighted by Crippen LogP contribution is 2.29. The van der Waals surface area contributed by atoms with E-state index in [1.807, 2.05) is 0 Å². The predicted molar refractivity (Wildman–Crippen MR) is 78.4 cm³/mol. The fourth-order valence-corrected chi connectivity index (χ4v) is 1.60. The number of carbonyl (C=O) groups is 1. The Labute approximate surface area is 123 Å². The summed E-state index contributed by atoms with van der Waals surface area (Å²) in [7, 11) is 1.36. The van der Waals surface area contributed by atoms with E-state index in [0.29, 0.717) is 49.1 Å². The van der Waals surface area contributed by atoms with E-state index in [2.05, 4.69) is 4.74 Å². The van der Waals surface area contributed by atoms with Gasteiger partial charge in [0.15, 0.2) is 11.5 Å². The van der Waals surface area contributed by atoms with Gasteiger partial charge in [-0.05, 0) is 25.0 Å². The van der Waals surface area contributed by atoms with Gasteiger partial charge in [-0.3, -0.25) is 4.79 Å². The number of esters is 1. The topological polar surface area (TPSA) is 70.8 Å². The van der Waals surface area contributed by atoms with Crippen LogP contribution in [0.5, 0.6) is 11.5 Å². The number of alkyl halides is 1. The van der Waals surface area contributed by atoms with Gasteiger partial charge in [0.25, 0.3) is 0 Å². The van der Waals surface area contributed by atoms with Gasteiger partial charge in [-0.15, -0.1) is 11.6 Å². The molecule has 0 saturated carbocycles. The molecule has 0 fully saturated rings. The molecule has 0 aromatic heterocycles. The number of benzene rings is 1. The van der Waals surface area contributed by atoms with Crippen LogP contribution < -0.4 is 15.2 Å². The SMILES string of the molecule is COC(=O)CCCOc1cc(N)ccc1OCCCCl. The smallest absolute Gasteiger partial charge is 0.305 e. The van der Waals surface area contributed by atoms with Gasteiger partial charge in [-0.25, -0.2) is 0 Å². The molecular weight excluding hydrogens is 282 g/mol. The van der Waals surface area contributed by atoms with Crippen LogP contribution in [-0.4, -0.2) is 32.2 Å². The van der Waals surface area contributed by atoms with Crippen LogP contribution in [0, 0.1) is 0 Å². The number of anilines is 1. The van der Waals surface area contributed by atoms with E-state index >= 15 is 0 Å². The van der Waals surface area contributed by atoms with E-state index in [1.165, 1.54) is 7.11 Å². The Morgan fingerprint density at radius 3 is 2.60 bits per heavy atom. The number of hydrogen-bond donors (Lipinski definition) is 1. The van der Waals surface area contributed by atoms with E-state index in [-0.39, 0.29) is 5.97 Å². The van der Waals surface area contributed by atoms with Gasteiger partial charge in [-0.2, -0.15) is 0 Å². The van der Waals surface area contributed by atoms with Crippen molar-refractivity contribution in [3.8, 4) is 11.5 Å². The third-order valence-corrected chi connectivity index (χ3v) is 2.78. The minimum Gasteiger partial charge on any atom is -0.490 e. The van der Waals surface area contributed by atoms with Crippen molar-refractivity contribution in [1.82, 2.24) is 0 Å². The molecule has 1 rings (SSSR count). The predicted octanol–water partition coefficient (Wildman–Crippen LogP) is 2.61. The van der Waals surface area contributed by atoms with Crippen molar-refractivity contribution in [3.63, 3.8) is 0 Å². The maximum Gasteiger partial charge on any atom is 0.305 e. The third kappa shape index (κ3) is 6.02. The van der Waals surface area contributed by atoms with Gasteiger partial charge in [0.05, 0.1) is 20.3 Å². The number of methoxy groups -OCH3 is 1. The molecule has 2 N–H and O–H groups in total.